The molecule has 0 spiro atoms. The average Bonchev–Trinajstić information content (AvgIpc) is 1.95. The Hall–Kier alpha value is -1.38. The standard InChI is InChI=1S/C7H9N3/c1-2-9-7-4-3-6(8)5-10-7/h2-5H,8H2,1H3. The van der Waals surface area contributed by atoms with Gasteiger partial charge in [-0.2, -0.15) is 0 Å². The van der Waals surface area contributed by atoms with Gasteiger partial charge in [-0.1, -0.05) is 0 Å². The van der Waals surface area contributed by atoms with Crippen molar-refractivity contribution in [2.45, 2.75) is 6.92 Å². The number of aromatic nitrogens is 1. The minimum absolute atomic E-state index is 0.662. The van der Waals surface area contributed by atoms with Crippen molar-refractivity contribution in [3.05, 3.63) is 18.3 Å². The van der Waals surface area contributed by atoms with Crippen LogP contribution in [0.1, 0.15) is 6.92 Å². The third-order valence-corrected chi connectivity index (χ3v) is 1.03. The molecule has 1 heterocycles. The fourth-order valence-electron chi connectivity index (χ4n) is 0.606. The van der Waals surface area contributed by atoms with Crippen molar-refractivity contribution in [1.29, 1.82) is 0 Å². The first kappa shape index (κ1) is 6.74. The summed E-state index contributed by atoms with van der Waals surface area (Å²) in [4.78, 5) is 7.90. The van der Waals surface area contributed by atoms with Crippen LogP contribution < -0.4 is 5.73 Å². The molecule has 0 radical (unpaired) electrons. The summed E-state index contributed by atoms with van der Waals surface area (Å²) >= 11 is 0. The van der Waals surface area contributed by atoms with Crippen LogP contribution in [0.25, 0.3) is 0 Å². The number of hydrogen-bond acceptors (Lipinski definition) is 3. The number of anilines is 1. The summed E-state index contributed by atoms with van der Waals surface area (Å²) in [5.41, 5.74) is 6.07. The molecule has 0 amide bonds. The molecule has 0 saturated carbocycles. The van der Waals surface area contributed by atoms with Gasteiger partial charge in [-0.15, -0.1) is 0 Å². The Morgan fingerprint density at radius 3 is 2.90 bits per heavy atom. The number of rotatable bonds is 1. The molecular weight excluding hydrogens is 126 g/mol. The molecule has 0 saturated heterocycles. The Morgan fingerprint density at radius 2 is 2.40 bits per heavy atom. The first-order chi connectivity index (χ1) is 4.83. The maximum Gasteiger partial charge on any atom is 0.151 e. The van der Waals surface area contributed by atoms with Gasteiger partial charge in [0.1, 0.15) is 0 Å². The summed E-state index contributed by atoms with van der Waals surface area (Å²) < 4.78 is 0. The molecule has 10 heavy (non-hydrogen) atoms. The fraction of sp³-hybridized carbons (Fsp3) is 0.143. The highest BCUT2D eigenvalue weighted by Crippen LogP contribution is 2.07. The normalized spacial score (nSPS) is 10.5. The molecule has 3 nitrogen and oxygen atoms in total. The highest BCUT2D eigenvalue weighted by molar-refractivity contribution is 5.59. The first-order valence-corrected chi connectivity index (χ1v) is 3.03. The molecule has 0 unspecified atom stereocenters. The topological polar surface area (TPSA) is 51.3 Å². The van der Waals surface area contributed by atoms with Gasteiger partial charge in [0.05, 0.1) is 11.9 Å². The van der Waals surface area contributed by atoms with Crippen LogP contribution in [0, 0.1) is 0 Å². The van der Waals surface area contributed by atoms with Crippen molar-refractivity contribution in [3.63, 3.8) is 0 Å². The molecule has 1 rings (SSSR count). The lowest BCUT2D eigenvalue weighted by Crippen LogP contribution is -1.83. The van der Waals surface area contributed by atoms with E-state index >= 15 is 0 Å². The molecule has 0 atom stereocenters. The van der Waals surface area contributed by atoms with Crippen LogP contribution in [0.5, 0.6) is 0 Å². The lowest BCUT2D eigenvalue weighted by atomic mass is 10.4. The molecule has 0 aliphatic rings. The van der Waals surface area contributed by atoms with E-state index in [1.54, 1.807) is 24.5 Å². The van der Waals surface area contributed by atoms with Gasteiger partial charge >= 0.3 is 0 Å². The van der Waals surface area contributed by atoms with Crippen molar-refractivity contribution >= 4 is 17.7 Å². The van der Waals surface area contributed by atoms with E-state index in [9.17, 15) is 0 Å². The lowest BCUT2D eigenvalue weighted by molar-refractivity contribution is 1.28. The Morgan fingerprint density at radius 1 is 1.60 bits per heavy atom. The van der Waals surface area contributed by atoms with E-state index in [1.807, 2.05) is 6.92 Å². The molecule has 0 fully saturated rings. The molecule has 0 bridgehead atoms. The SMILES string of the molecule is CC=Nc1ccc(N)cn1. The van der Waals surface area contributed by atoms with Crippen molar-refractivity contribution in [2.24, 2.45) is 4.99 Å². The predicted molar refractivity (Wildman–Crippen MR) is 42.5 cm³/mol. The summed E-state index contributed by atoms with van der Waals surface area (Å²) in [5, 5.41) is 0. The Bertz CT molecular complexity index is 225. The minimum Gasteiger partial charge on any atom is -0.397 e. The Kier molecular flexibility index (Phi) is 1.99. The van der Waals surface area contributed by atoms with E-state index in [-0.39, 0.29) is 0 Å². The highest BCUT2D eigenvalue weighted by Gasteiger charge is 1.86. The van der Waals surface area contributed by atoms with E-state index in [1.165, 1.54) is 0 Å². The van der Waals surface area contributed by atoms with Crippen LogP contribution in [-0.2, 0) is 0 Å². The number of aliphatic imine (C=N–C) groups is 1. The zero-order valence-electron chi connectivity index (χ0n) is 5.78. The third-order valence-electron chi connectivity index (χ3n) is 1.03. The van der Waals surface area contributed by atoms with Gasteiger partial charge in [-0.05, 0) is 19.1 Å². The van der Waals surface area contributed by atoms with Gasteiger partial charge in [0.15, 0.2) is 5.82 Å². The molecule has 52 valence electrons. The van der Waals surface area contributed by atoms with Crippen LogP contribution in [0.4, 0.5) is 11.5 Å². The van der Waals surface area contributed by atoms with E-state index in [2.05, 4.69) is 9.98 Å². The van der Waals surface area contributed by atoms with Gasteiger partial charge in [0, 0.05) is 6.21 Å². The Balaban J connectivity index is 2.89. The largest absolute Gasteiger partial charge is 0.397 e. The zero-order chi connectivity index (χ0) is 7.40. The van der Waals surface area contributed by atoms with Crippen LogP contribution in [0.2, 0.25) is 0 Å². The summed E-state index contributed by atoms with van der Waals surface area (Å²) in [6, 6.07) is 3.55. The van der Waals surface area contributed by atoms with Crippen LogP contribution in [0.15, 0.2) is 23.3 Å². The molecule has 3 heteroatoms. The van der Waals surface area contributed by atoms with Gasteiger partial charge in [-0.25, -0.2) is 9.98 Å². The molecule has 2 N–H and O–H groups in total. The number of hydrogen-bond donors (Lipinski definition) is 1. The maximum atomic E-state index is 5.41. The van der Waals surface area contributed by atoms with Crippen LogP contribution in [-0.4, -0.2) is 11.2 Å². The molecule has 1 aromatic heterocycles. The highest BCUT2D eigenvalue weighted by atomic mass is 14.9. The van der Waals surface area contributed by atoms with Gasteiger partial charge in [-0.3, -0.25) is 0 Å². The monoisotopic (exact) mass is 135 g/mol. The van der Waals surface area contributed by atoms with Gasteiger partial charge in [0.2, 0.25) is 0 Å². The van der Waals surface area contributed by atoms with Crippen LogP contribution >= 0.6 is 0 Å². The smallest absolute Gasteiger partial charge is 0.151 e. The van der Waals surface area contributed by atoms with E-state index < -0.39 is 0 Å². The summed E-state index contributed by atoms with van der Waals surface area (Å²) in [5.74, 6) is 0.691. The second-order valence-corrected chi connectivity index (χ2v) is 1.84. The lowest BCUT2D eigenvalue weighted by Gasteiger charge is -1.91. The van der Waals surface area contributed by atoms with Gasteiger partial charge < -0.3 is 5.73 Å². The predicted octanol–water partition coefficient (Wildman–Crippen LogP) is 1.39. The van der Waals surface area contributed by atoms with Crippen LogP contribution in [0.3, 0.4) is 0 Å². The van der Waals surface area contributed by atoms with E-state index in [0.717, 1.165) is 0 Å². The number of nitrogen functional groups attached to an aromatic ring is 1. The van der Waals surface area contributed by atoms with Crippen molar-refractivity contribution < 1.29 is 0 Å². The fourth-order valence-corrected chi connectivity index (χ4v) is 0.606. The van der Waals surface area contributed by atoms with E-state index in [4.69, 9.17) is 5.73 Å². The maximum absolute atomic E-state index is 5.41. The zero-order valence-corrected chi connectivity index (χ0v) is 5.78. The molecule has 0 aliphatic carbocycles. The Labute approximate surface area is 59.6 Å². The second kappa shape index (κ2) is 2.96. The first-order valence-electron chi connectivity index (χ1n) is 3.03. The van der Waals surface area contributed by atoms with E-state index in [0.29, 0.717) is 11.5 Å². The molecule has 1 aromatic rings. The second-order valence-electron chi connectivity index (χ2n) is 1.84. The number of nitrogens with two attached hydrogens (primary N) is 1. The number of pyridine rings is 1. The quantitative estimate of drug-likeness (QED) is 0.591. The third kappa shape index (κ3) is 1.55. The molecular formula is C7H9N3. The summed E-state index contributed by atoms with van der Waals surface area (Å²) in [6.07, 6.45) is 3.28. The summed E-state index contributed by atoms with van der Waals surface area (Å²) in [6.45, 7) is 1.85. The van der Waals surface area contributed by atoms with Crippen molar-refractivity contribution in [3.8, 4) is 0 Å². The molecule has 0 aliphatic heterocycles. The number of nitrogens with zero attached hydrogens (tertiary/aromatic N) is 2. The van der Waals surface area contributed by atoms with Crippen molar-refractivity contribution in [1.82, 2.24) is 4.98 Å². The minimum atomic E-state index is 0.662. The summed E-state index contributed by atoms with van der Waals surface area (Å²) in [7, 11) is 0. The van der Waals surface area contributed by atoms with Gasteiger partial charge in [0.25, 0.3) is 0 Å². The average molecular weight is 135 g/mol. The van der Waals surface area contributed by atoms with Crippen molar-refractivity contribution in [2.75, 3.05) is 5.73 Å². The molecule has 0 aromatic carbocycles.